The first-order valence-electron chi connectivity index (χ1n) is 8.69. The van der Waals surface area contributed by atoms with Crippen LogP contribution in [-0.4, -0.2) is 58.0 Å². The summed E-state index contributed by atoms with van der Waals surface area (Å²) in [5, 5.41) is 7.84. The van der Waals surface area contributed by atoms with Crippen LogP contribution in [0.4, 0.5) is 0 Å². The number of aromatic nitrogens is 2. The molecule has 1 saturated heterocycles. The number of piperazine rings is 1. The van der Waals surface area contributed by atoms with Gasteiger partial charge in [0.1, 0.15) is 0 Å². The summed E-state index contributed by atoms with van der Waals surface area (Å²) >= 11 is 0. The topological polar surface area (TPSA) is 92.7 Å². The second kappa shape index (κ2) is 7.45. The fraction of sp³-hybridized carbons (Fsp3) is 0.263. The minimum absolute atomic E-state index is 0.0215. The zero-order valence-corrected chi connectivity index (χ0v) is 14.6. The summed E-state index contributed by atoms with van der Waals surface area (Å²) in [5.41, 5.74) is 1.03. The number of furan rings is 1. The van der Waals surface area contributed by atoms with Crippen molar-refractivity contribution in [2.45, 2.75) is 6.42 Å². The van der Waals surface area contributed by atoms with Crippen molar-refractivity contribution < 1.29 is 18.4 Å². The first kappa shape index (κ1) is 17.0. The van der Waals surface area contributed by atoms with Crippen LogP contribution in [0.3, 0.4) is 0 Å². The number of nitrogens with zero attached hydrogens (tertiary/aromatic N) is 4. The molecule has 1 aliphatic rings. The molecule has 8 heteroatoms. The van der Waals surface area contributed by atoms with Crippen molar-refractivity contribution in [1.82, 2.24) is 20.0 Å². The first-order valence-corrected chi connectivity index (χ1v) is 8.69. The summed E-state index contributed by atoms with van der Waals surface area (Å²) in [6.45, 7) is 1.66. The Bertz CT molecular complexity index is 912. The van der Waals surface area contributed by atoms with Crippen molar-refractivity contribution in [2.75, 3.05) is 26.2 Å². The number of carbonyl (C=O) groups is 2. The van der Waals surface area contributed by atoms with Gasteiger partial charge in [0.25, 0.3) is 5.91 Å². The van der Waals surface area contributed by atoms with Crippen molar-refractivity contribution >= 4 is 11.8 Å². The molecule has 0 radical (unpaired) electrons. The van der Waals surface area contributed by atoms with E-state index in [0.29, 0.717) is 44.3 Å². The lowest BCUT2D eigenvalue weighted by Crippen LogP contribution is -2.50. The van der Waals surface area contributed by atoms with E-state index in [0.717, 1.165) is 5.56 Å². The van der Waals surface area contributed by atoms with E-state index in [1.807, 2.05) is 30.3 Å². The summed E-state index contributed by atoms with van der Waals surface area (Å²) in [7, 11) is 0. The summed E-state index contributed by atoms with van der Waals surface area (Å²) in [5.74, 6) is 0.196. The lowest BCUT2D eigenvalue weighted by molar-refractivity contribution is 0.0497. The zero-order valence-electron chi connectivity index (χ0n) is 14.6. The van der Waals surface area contributed by atoms with Crippen LogP contribution < -0.4 is 0 Å². The maximum Gasteiger partial charge on any atom is 0.311 e. The van der Waals surface area contributed by atoms with Crippen molar-refractivity contribution in [3.05, 3.63) is 71.8 Å². The Kier molecular flexibility index (Phi) is 4.69. The van der Waals surface area contributed by atoms with E-state index in [1.165, 1.54) is 6.26 Å². The molecule has 0 unspecified atom stereocenters. The fourth-order valence-corrected chi connectivity index (χ4v) is 2.99. The molecule has 1 aliphatic heterocycles. The van der Waals surface area contributed by atoms with E-state index in [9.17, 15) is 9.59 Å². The third-order valence-electron chi connectivity index (χ3n) is 4.43. The van der Waals surface area contributed by atoms with Gasteiger partial charge >= 0.3 is 11.8 Å². The van der Waals surface area contributed by atoms with Gasteiger partial charge in [-0.1, -0.05) is 30.3 Å². The van der Waals surface area contributed by atoms with Gasteiger partial charge < -0.3 is 18.6 Å². The molecule has 0 N–H and O–H groups in total. The average Bonchev–Trinajstić information content (AvgIpc) is 3.40. The molecule has 0 bridgehead atoms. The smallest absolute Gasteiger partial charge is 0.311 e. The highest BCUT2D eigenvalue weighted by Crippen LogP contribution is 2.13. The number of benzene rings is 1. The quantitative estimate of drug-likeness (QED) is 0.700. The Hall–Kier alpha value is -3.42. The maximum absolute atomic E-state index is 12.6. The summed E-state index contributed by atoms with van der Waals surface area (Å²) < 4.78 is 10.7. The molecule has 0 atom stereocenters. The molecule has 4 rings (SSSR count). The maximum atomic E-state index is 12.6. The normalized spacial score (nSPS) is 14.4. The predicted octanol–water partition coefficient (Wildman–Crippen LogP) is 1.85. The first-order chi connectivity index (χ1) is 13.2. The lowest BCUT2D eigenvalue weighted by Gasteiger charge is -2.33. The standard InChI is InChI=1S/C19H18N4O4/c24-18(15-7-4-12-26-15)22-8-10-23(11-9-22)19(25)17-21-20-16(27-17)13-14-5-2-1-3-6-14/h1-7,12H,8-11,13H2. The van der Waals surface area contributed by atoms with Crippen molar-refractivity contribution in [3.8, 4) is 0 Å². The summed E-state index contributed by atoms with van der Waals surface area (Å²) in [4.78, 5) is 28.1. The van der Waals surface area contributed by atoms with Gasteiger partial charge in [0.05, 0.1) is 12.7 Å². The lowest BCUT2D eigenvalue weighted by atomic mass is 10.2. The van der Waals surface area contributed by atoms with Crippen LogP contribution in [0.15, 0.2) is 57.6 Å². The Morgan fingerprint density at radius 2 is 1.59 bits per heavy atom. The molecule has 1 fully saturated rings. The van der Waals surface area contributed by atoms with Gasteiger partial charge in [0, 0.05) is 26.2 Å². The average molecular weight is 366 g/mol. The van der Waals surface area contributed by atoms with Crippen LogP contribution in [0.1, 0.15) is 32.7 Å². The van der Waals surface area contributed by atoms with Crippen LogP contribution in [0.2, 0.25) is 0 Å². The van der Waals surface area contributed by atoms with Crippen molar-refractivity contribution in [2.24, 2.45) is 0 Å². The zero-order chi connectivity index (χ0) is 18.6. The van der Waals surface area contributed by atoms with E-state index in [4.69, 9.17) is 8.83 Å². The van der Waals surface area contributed by atoms with Crippen LogP contribution in [-0.2, 0) is 6.42 Å². The van der Waals surface area contributed by atoms with Gasteiger partial charge in [-0.25, -0.2) is 0 Å². The molecule has 0 spiro atoms. The fourth-order valence-electron chi connectivity index (χ4n) is 2.99. The number of hydrogen-bond donors (Lipinski definition) is 0. The number of amides is 2. The minimum atomic E-state index is -0.313. The number of hydrogen-bond acceptors (Lipinski definition) is 6. The van der Waals surface area contributed by atoms with Gasteiger partial charge in [-0.15, -0.1) is 10.2 Å². The second-order valence-corrected chi connectivity index (χ2v) is 6.23. The monoisotopic (exact) mass is 366 g/mol. The van der Waals surface area contributed by atoms with E-state index in [-0.39, 0.29) is 17.7 Å². The largest absolute Gasteiger partial charge is 0.459 e. The Balaban J connectivity index is 1.35. The Labute approximate surface area is 155 Å². The Morgan fingerprint density at radius 3 is 2.26 bits per heavy atom. The Morgan fingerprint density at radius 1 is 0.889 bits per heavy atom. The van der Waals surface area contributed by atoms with Gasteiger partial charge in [-0.05, 0) is 17.7 Å². The molecule has 27 heavy (non-hydrogen) atoms. The van der Waals surface area contributed by atoms with E-state index in [1.54, 1.807) is 21.9 Å². The number of rotatable bonds is 4. The van der Waals surface area contributed by atoms with Crippen molar-refractivity contribution in [3.63, 3.8) is 0 Å². The highest BCUT2D eigenvalue weighted by Gasteiger charge is 2.29. The van der Waals surface area contributed by atoms with Crippen LogP contribution in [0.5, 0.6) is 0 Å². The van der Waals surface area contributed by atoms with E-state index >= 15 is 0 Å². The van der Waals surface area contributed by atoms with Gasteiger partial charge in [0.2, 0.25) is 5.89 Å². The molecule has 2 aromatic heterocycles. The third kappa shape index (κ3) is 3.74. The molecule has 3 heterocycles. The number of carbonyl (C=O) groups excluding carboxylic acids is 2. The molecule has 3 aromatic rings. The molecule has 2 amide bonds. The van der Waals surface area contributed by atoms with Gasteiger partial charge in [0.15, 0.2) is 5.76 Å². The molecule has 0 saturated carbocycles. The SMILES string of the molecule is O=C(c1ccco1)N1CCN(C(=O)c2nnc(Cc3ccccc3)o2)CC1. The minimum Gasteiger partial charge on any atom is -0.459 e. The highest BCUT2D eigenvalue weighted by atomic mass is 16.4. The van der Waals surface area contributed by atoms with Crippen molar-refractivity contribution in [1.29, 1.82) is 0 Å². The second-order valence-electron chi connectivity index (χ2n) is 6.23. The van der Waals surface area contributed by atoms with Gasteiger partial charge in [-0.3, -0.25) is 9.59 Å². The predicted molar refractivity (Wildman–Crippen MR) is 94.1 cm³/mol. The van der Waals surface area contributed by atoms with Crippen LogP contribution >= 0.6 is 0 Å². The molecule has 8 nitrogen and oxygen atoms in total. The molecule has 0 aliphatic carbocycles. The molecule has 138 valence electrons. The van der Waals surface area contributed by atoms with E-state index in [2.05, 4.69) is 10.2 Å². The third-order valence-corrected chi connectivity index (χ3v) is 4.43. The van der Waals surface area contributed by atoms with Gasteiger partial charge in [-0.2, -0.15) is 0 Å². The van der Waals surface area contributed by atoms with E-state index < -0.39 is 0 Å². The highest BCUT2D eigenvalue weighted by molar-refractivity contribution is 5.92. The molecular formula is C19H18N4O4. The molecule has 1 aromatic carbocycles. The summed E-state index contributed by atoms with van der Waals surface area (Å²) in [6, 6.07) is 13.0. The van der Waals surface area contributed by atoms with Crippen LogP contribution in [0, 0.1) is 0 Å². The summed E-state index contributed by atoms with van der Waals surface area (Å²) in [6.07, 6.45) is 1.95. The van der Waals surface area contributed by atoms with Crippen LogP contribution in [0.25, 0.3) is 0 Å². The molecular weight excluding hydrogens is 348 g/mol.